The zero-order valence-corrected chi connectivity index (χ0v) is 45.6. The van der Waals surface area contributed by atoms with E-state index < -0.39 is 6.10 Å². The van der Waals surface area contributed by atoms with Gasteiger partial charge in [-0.15, -0.1) is 0 Å². The average Bonchev–Trinajstić information content (AvgIpc) is 3.34. The van der Waals surface area contributed by atoms with Gasteiger partial charge in [-0.2, -0.15) is 0 Å². The lowest BCUT2D eigenvalue weighted by Gasteiger charge is -2.18. The average molecular weight is 956 g/mol. The van der Waals surface area contributed by atoms with Gasteiger partial charge in [-0.25, -0.2) is 0 Å². The Morgan fingerprint density at radius 2 is 0.529 bits per heavy atom. The molecular weight excluding hydrogens is 841 g/mol. The molecule has 0 aromatic heterocycles. The van der Waals surface area contributed by atoms with Crippen LogP contribution in [0.4, 0.5) is 0 Å². The van der Waals surface area contributed by atoms with Gasteiger partial charge in [-0.1, -0.05) is 263 Å². The molecule has 0 bridgehead atoms. The molecule has 0 radical (unpaired) electrons. The summed E-state index contributed by atoms with van der Waals surface area (Å²) in [5.41, 5.74) is 0. The van der Waals surface area contributed by atoms with Gasteiger partial charge in [0.05, 0.1) is 0 Å². The molecule has 0 amide bonds. The molecule has 0 rings (SSSR count). The summed E-state index contributed by atoms with van der Waals surface area (Å²) in [5.74, 6) is -0.873. The molecule has 0 saturated carbocycles. The Bertz CT molecular complexity index is 1140. The molecule has 1 atom stereocenters. The number of ether oxygens (including phenoxy) is 3. The van der Waals surface area contributed by atoms with Crippen LogP contribution in [0.15, 0.2) is 36.5 Å². The second-order valence-corrected chi connectivity index (χ2v) is 20.3. The van der Waals surface area contributed by atoms with Crippen molar-refractivity contribution in [2.24, 2.45) is 0 Å². The highest BCUT2D eigenvalue weighted by Gasteiger charge is 2.19. The Kier molecular flexibility index (Phi) is 55.2. The number of unbranched alkanes of at least 4 members (excludes halogenated alkanes) is 38. The van der Waals surface area contributed by atoms with Crippen LogP contribution in [0.1, 0.15) is 323 Å². The number of allylic oxidation sites excluding steroid dienone is 6. The monoisotopic (exact) mass is 955 g/mol. The lowest BCUT2D eigenvalue weighted by Crippen LogP contribution is -2.30. The van der Waals surface area contributed by atoms with Crippen LogP contribution in [-0.4, -0.2) is 37.2 Å². The van der Waals surface area contributed by atoms with Gasteiger partial charge in [0.25, 0.3) is 0 Å². The molecule has 0 N–H and O–H groups in total. The van der Waals surface area contributed by atoms with Crippen LogP contribution < -0.4 is 0 Å². The highest BCUT2D eigenvalue weighted by Crippen LogP contribution is 2.17. The summed E-state index contributed by atoms with van der Waals surface area (Å²) in [7, 11) is 0. The van der Waals surface area contributed by atoms with Crippen molar-refractivity contribution in [2.75, 3.05) is 13.2 Å². The standard InChI is InChI=1S/C62H114O6/c1-4-7-10-13-16-18-20-22-23-24-25-26-27-28-29-30-31-32-33-34-35-36-37-38-39-40-42-43-46-49-52-55-61(64)67-58-59(57-66-60(63)54-51-48-45-15-12-9-6-3)68-62(65)56-53-50-47-44-41-21-19-17-14-11-8-5-2/h17,19-20,22,24-25,59H,4-16,18,21,23,26-58H2,1-3H3/b19-17-,22-20-,25-24-. The van der Waals surface area contributed by atoms with E-state index in [4.69, 9.17) is 14.2 Å². The summed E-state index contributed by atoms with van der Waals surface area (Å²) in [5, 5.41) is 0. The minimum atomic E-state index is -0.769. The number of hydrogen-bond donors (Lipinski definition) is 0. The number of hydrogen-bond acceptors (Lipinski definition) is 6. The first-order chi connectivity index (χ1) is 33.5. The summed E-state index contributed by atoms with van der Waals surface area (Å²) in [4.78, 5) is 37.8. The van der Waals surface area contributed by atoms with Crippen LogP contribution in [0.5, 0.6) is 0 Å². The molecule has 0 saturated heterocycles. The van der Waals surface area contributed by atoms with Gasteiger partial charge >= 0.3 is 17.9 Å². The maximum atomic E-state index is 12.7. The minimum absolute atomic E-state index is 0.0714. The number of rotatable bonds is 55. The maximum absolute atomic E-state index is 12.7. The fourth-order valence-corrected chi connectivity index (χ4v) is 8.82. The first kappa shape index (κ1) is 65.6. The SMILES string of the molecule is CCCCC/C=C\CCCCCCCC(=O)OC(COC(=O)CCCCCCCCC)COC(=O)CCCCCCCCCCCCCCCCCCCCC/C=C\C/C=C\CCCCCCC. The van der Waals surface area contributed by atoms with Gasteiger partial charge in [0.15, 0.2) is 6.10 Å². The first-order valence-electron chi connectivity index (χ1n) is 30.0. The lowest BCUT2D eigenvalue weighted by atomic mass is 10.0. The van der Waals surface area contributed by atoms with Crippen molar-refractivity contribution in [3.8, 4) is 0 Å². The Morgan fingerprint density at radius 1 is 0.294 bits per heavy atom. The third kappa shape index (κ3) is 54.6. The largest absolute Gasteiger partial charge is 0.462 e. The predicted octanol–water partition coefficient (Wildman–Crippen LogP) is 20.0. The van der Waals surface area contributed by atoms with E-state index in [0.717, 1.165) is 70.6 Å². The molecule has 68 heavy (non-hydrogen) atoms. The van der Waals surface area contributed by atoms with Gasteiger partial charge in [-0.05, 0) is 77.0 Å². The highest BCUT2D eigenvalue weighted by atomic mass is 16.6. The summed E-state index contributed by atoms with van der Waals surface area (Å²) < 4.78 is 16.8. The number of esters is 3. The van der Waals surface area contributed by atoms with E-state index in [9.17, 15) is 14.4 Å². The van der Waals surface area contributed by atoms with Gasteiger partial charge in [-0.3, -0.25) is 14.4 Å². The molecule has 1 unspecified atom stereocenters. The molecule has 0 aliphatic rings. The smallest absolute Gasteiger partial charge is 0.306 e. The van der Waals surface area contributed by atoms with Gasteiger partial charge < -0.3 is 14.2 Å². The predicted molar refractivity (Wildman–Crippen MR) is 293 cm³/mol. The Morgan fingerprint density at radius 3 is 0.853 bits per heavy atom. The van der Waals surface area contributed by atoms with Crippen LogP contribution in [0.25, 0.3) is 0 Å². The molecular formula is C62H114O6. The molecule has 398 valence electrons. The van der Waals surface area contributed by atoms with E-state index >= 15 is 0 Å². The normalized spacial score (nSPS) is 12.2. The second-order valence-electron chi connectivity index (χ2n) is 20.3. The molecule has 0 aromatic rings. The van der Waals surface area contributed by atoms with Crippen molar-refractivity contribution < 1.29 is 28.6 Å². The van der Waals surface area contributed by atoms with Gasteiger partial charge in [0.1, 0.15) is 13.2 Å². The highest BCUT2D eigenvalue weighted by molar-refractivity contribution is 5.71. The zero-order valence-electron chi connectivity index (χ0n) is 45.6. The Labute approximate surface area is 423 Å². The van der Waals surface area contributed by atoms with Crippen molar-refractivity contribution in [3.05, 3.63) is 36.5 Å². The van der Waals surface area contributed by atoms with Crippen molar-refractivity contribution in [2.45, 2.75) is 329 Å². The van der Waals surface area contributed by atoms with E-state index in [1.165, 1.54) is 212 Å². The first-order valence-corrected chi connectivity index (χ1v) is 30.0. The van der Waals surface area contributed by atoms with Gasteiger partial charge in [0, 0.05) is 19.3 Å². The molecule has 0 aliphatic carbocycles. The number of carbonyl (C=O) groups is 3. The number of carbonyl (C=O) groups excluding carboxylic acids is 3. The quantitative estimate of drug-likeness (QED) is 0.0262. The molecule has 0 spiro atoms. The summed E-state index contributed by atoms with van der Waals surface area (Å²) >= 11 is 0. The third-order valence-electron chi connectivity index (χ3n) is 13.4. The van der Waals surface area contributed by atoms with Crippen molar-refractivity contribution in [1.82, 2.24) is 0 Å². The molecule has 6 nitrogen and oxygen atoms in total. The van der Waals surface area contributed by atoms with E-state index in [2.05, 4.69) is 57.2 Å². The Hall–Kier alpha value is -2.37. The van der Waals surface area contributed by atoms with E-state index in [-0.39, 0.29) is 31.1 Å². The van der Waals surface area contributed by atoms with Crippen molar-refractivity contribution >= 4 is 17.9 Å². The van der Waals surface area contributed by atoms with Crippen LogP contribution in [0.2, 0.25) is 0 Å². The molecule has 0 aromatic carbocycles. The molecule has 0 heterocycles. The molecule has 0 fully saturated rings. The lowest BCUT2D eigenvalue weighted by molar-refractivity contribution is -0.167. The summed E-state index contributed by atoms with van der Waals surface area (Å²) in [6, 6.07) is 0. The minimum Gasteiger partial charge on any atom is -0.462 e. The van der Waals surface area contributed by atoms with Crippen LogP contribution >= 0.6 is 0 Å². The van der Waals surface area contributed by atoms with Gasteiger partial charge in [0.2, 0.25) is 0 Å². The van der Waals surface area contributed by atoms with Crippen molar-refractivity contribution in [1.29, 1.82) is 0 Å². The van der Waals surface area contributed by atoms with E-state index in [1.54, 1.807) is 0 Å². The van der Waals surface area contributed by atoms with Crippen LogP contribution in [0.3, 0.4) is 0 Å². The molecule has 0 aliphatic heterocycles. The van der Waals surface area contributed by atoms with E-state index in [1.807, 2.05) is 0 Å². The topological polar surface area (TPSA) is 78.9 Å². The van der Waals surface area contributed by atoms with Crippen LogP contribution in [-0.2, 0) is 28.6 Å². The zero-order chi connectivity index (χ0) is 49.3. The maximum Gasteiger partial charge on any atom is 0.306 e. The summed E-state index contributed by atoms with van der Waals surface area (Å²) in [6.45, 7) is 6.59. The molecule has 6 heteroatoms. The summed E-state index contributed by atoms with van der Waals surface area (Å²) in [6.07, 6.45) is 69.0. The third-order valence-corrected chi connectivity index (χ3v) is 13.4. The second kappa shape index (κ2) is 57.2. The van der Waals surface area contributed by atoms with Crippen molar-refractivity contribution in [3.63, 3.8) is 0 Å². The Balaban J connectivity index is 3.95. The van der Waals surface area contributed by atoms with E-state index in [0.29, 0.717) is 19.3 Å². The fourth-order valence-electron chi connectivity index (χ4n) is 8.82. The van der Waals surface area contributed by atoms with Crippen LogP contribution in [0, 0.1) is 0 Å². The fraction of sp³-hybridized carbons (Fsp3) is 0.855.